The van der Waals surface area contributed by atoms with Gasteiger partial charge in [0.1, 0.15) is 5.75 Å². The number of aryl methyl sites for hydroxylation is 1. The maximum Gasteiger partial charge on any atom is 0.250 e. The lowest BCUT2D eigenvalue weighted by molar-refractivity contribution is 0.105. The predicted octanol–water partition coefficient (Wildman–Crippen LogP) is 5.61. The van der Waals surface area contributed by atoms with Crippen LogP contribution in [0.5, 0.6) is 5.75 Å². The van der Waals surface area contributed by atoms with Gasteiger partial charge in [-0.25, -0.2) is 0 Å². The lowest BCUT2D eigenvalue weighted by Gasteiger charge is -2.36. The van der Waals surface area contributed by atoms with Crippen LogP contribution in [0.15, 0.2) is 48.5 Å². The fraction of sp³-hybridized carbons (Fsp3) is 0.318. The van der Waals surface area contributed by atoms with Crippen LogP contribution >= 0.6 is 0 Å². The highest BCUT2D eigenvalue weighted by Crippen LogP contribution is 2.38. The standard InChI is InChI=1S/C22H26O2Si/c1-17-11-13-18(14-12-17)15-16-20(23)19-9-7-8-10-21(19)24-25(5,6)22(2,3)4/h7-14H,1-6H3. The number of ketones is 1. The second kappa shape index (κ2) is 7.29. The number of para-hydroxylation sites is 1. The van der Waals surface area contributed by atoms with Gasteiger partial charge in [-0.1, -0.05) is 56.5 Å². The van der Waals surface area contributed by atoms with Gasteiger partial charge in [0.05, 0.1) is 5.56 Å². The minimum absolute atomic E-state index is 0.0662. The van der Waals surface area contributed by atoms with Gasteiger partial charge >= 0.3 is 0 Å². The Balaban J connectivity index is 2.29. The number of carbonyl (C=O) groups is 1. The normalized spacial score (nSPS) is 11.4. The monoisotopic (exact) mass is 350 g/mol. The molecule has 2 aromatic rings. The lowest BCUT2D eigenvalue weighted by Crippen LogP contribution is -2.44. The van der Waals surface area contributed by atoms with Crippen molar-refractivity contribution in [2.75, 3.05) is 0 Å². The van der Waals surface area contributed by atoms with Crippen LogP contribution in [0.3, 0.4) is 0 Å². The van der Waals surface area contributed by atoms with E-state index in [4.69, 9.17) is 4.43 Å². The summed E-state index contributed by atoms with van der Waals surface area (Å²) in [5.74, 6) is 6.12. The third-order valence-electron chi connectivity index (χ3n) is 4.67. The maximum absolute atomic E-state index is 12.6. The second-order valence-electron chi connectivity index (χ2n) is 7.80. The summed E-state index contributed by atoms with van der Waals surface area (Å²) in [6.45, 7) is 12.9. The average molecular weight is 351 g/mol. The number of hydrogen-bond donors (Lipinski definition) is 0. The molecule has 0 amide bonds. The molecule has 130 valence electrons. The summed E-state index contributed by atoms with van der Waals surface area (Å²) < 4.78 is 6.34. The topological polar surface area (TPSA) is 26.3 Å². The van der Waals surface area contributed by atoms with Gasteiger partial charge in [-0.3, -0.25) is 4.79 Å². The van der Waals surface area contributed by atoms with Crippen LogP contribution in [0, 0.1) is 18.8 Å². The van der Waals surface area contributed by atoms with Gasteiger partial charge in [-0.15, -0.1) is 0 Å². The van der Waals surface area contributed by atoms with Crippen molar-refractivity contribution in [2.24, 2.45) is 0 Å². The van der Waals surface area contributed by atoms with Crippen LogP contribution in [0.1, 0.15) is 42.3 Å². The van der Waals surface area contributed by atoms with Crippen molar-refractivity contribution in [3.05, 3.63) is 65.2 Å². The van der Waals surface area contributed by atoms with Gasteiger partial charge in [0, 0.05) is 5.56 Å². The molecule has 0 saturated carbocycles. The molecule has 0 aromatic heterocycles. The second-order valence-corrected chi connectivity index (χ2v) is 12.5. The van der Waals surface area contributed by atoms with Gasteiger partial charge in [-0.2, -0.15) is 0 Å². The Morgan fingerprint density at radius 1 is 1.00 bits per heavy atom. The van der Waals surface area contributed by atoms with Gasteiger partial charge in [-0.05, 0) is 55.2 Å². The smallest absolute Gasteiger partial charge is 0.250 e. The van der Waals surface area contributed by atoms with Crippen LogP contribution in [0.25, 0.3) is 0 Å². The van der Waals surface area contributed by atoms with Crippen molar-refractivity contribution < 1.29 is 9.22 Å². The van der Waals surface area contributed by atoms with Gasteiger partial charge < -0.3 is 4.43 Å². The SMILES string of the molecule is Cc1ccc(C#CC(=O)c2ccccc2O[Si](C)(C)C(C)(C)C)cc1. The zero-order valence-electron chi connectivity index (χ0n) is 15.9. The number of benzene rings is 2. The molecule has 25 heavy (non-hydrogen) atoms. The first-order valence-electron chi connectivity index (χ1n) is 8.51. The molecule has 0 saturated heterocycles. The van der Waals surface area contributed by atoms with Crippen molar-refractivity contribution in [3.8, 4) is 17.6 Å². The number of rotatable bonds is 3. The highest BCUT2D eigenvalue weighted by atomic mass is 28.4. The highest BCUT2D eigenvalue weighted by Gasteiger charge is 2.39. The molecule has 3 heteroatoms. The van der Waals surface area contributed by atoms with E-state index >= 15 is 0 Å². The van der Waals surface area contributed by atoms with Crippen LogP contribution < -0.4 is 4.43 Å². The quantitative estimate of drug-likeness (QED) is 0.408. The molecule has 2 rings (SSSR count). The first-order valence-corrected chi connectivity index (χ1v) is 11.4. The number of hydrogen-bond acceptors (Lipinski definition) is 2. The average Bonchev–Trinajstić information content (AvgIpc) is 2.53. The summed E-state index contributed by atoms with van der Waals surface area (Å²) in [7, 11) is -2.02. The van der Waals surface area contributed by atoms with Crippen molar-refractivity contribution in [3.63, 3.8) is 0 Å². The van der Waals surface area contributed by atoms with E-state index in [9.17, 15) is 4.79 Å². The zero-order chi connectivity index (χ0) is 18.7. The number of carbonyl (C=O) groups excluding carboxylic acids is 1. The van der Waals surface area contributed by atoms with E-state index in [0.29, 0.717) is 11.3 Å². The van der Waals surface area contributed by atoms with E-state index in [0.717, 1.165) is 5.56 Å². The van der Waals surface area contributed by atoms with Crippen molar-refractivity contribution >= 4 is 14.1 Å². The molecular formula is C22H26O2Si. The molecule has 0 spiro atoms. The predicted molar refractivity (Wildman–Crippen MR) is 107 cm³/mol. The first kappa shape index (κ1) is 19.0. The fourth-order valence-electron chi connectivity index (χ4n) is 2.00. The van der Waals surface area contributed by atoms with E-state index < -0.39 is 8.32 Å². The van der Waals surface area contributed by atoms with E-state index in [1.807, 2.05) is 49.4 Å². The fourth-order valence-corrected chi connectivity index (χ4v) is 3.04. The third kappa shape index (κ3) is 4.84. The Labute approximate surface area is 152 Å². The molecular weight excluding hydrogens is 324 g/mol. The van der Waals surface area contributed by atoms with Gasteiger partial charge in [0.25, 0.3) is 8.32 Å². The molecule has 0 radical (unpaired) electrons. The van der Waals surface area contributed by atoms with Crippen LogP contribution in [-0.2, 0) is 0 Å². The van der Waals surface area contributed by atoms with E-state index in [1.54, 1.807) is 6.07 Å². The van der Waals surface area contributed by atoms with Gasteiger partial charge in [0.2, 0.25) is 5.78 Å². The summed E-state index contributed by atoms with van der Waals surface area (Å²) in [6.07, 6.45) is 0. The van der Waals surface area contributed by atoms with Crippen molar-refractivity contribution in [1.82, 2.24) is 0 Å². The largest absolute Gasteiger partial charge is 0.543 e. The molecule has 0 aliphatic rings. The molecule has 0 bridgehead atoms. The third-order valence-corrected chi connectivity index (χ3v) is 9.02. The van der Waals surface area contributed by atoms with E-state index in [-0.39, 0.29) is 10.8 Å². The Morgan fingerprint density at radius 3 is 2.20 bits per heavy atom. The molecule has 0 aliphatic carbocycles. The summed E-state index contributed by atoms with van der Waals surface area (Å²) in [4.78, 5) is 12.6. The minimum atomic E-state index is -2.02. The van der Waals surface area contributed by atoms with Crippen molar-refractivity contribution in [2.45, 2.75) is 45.8 Å². The van der Waals surface area contributed by atoms with Crippen molar-refractivity contribution in [1.29, 1.82) is 0 Å². The van der Waals surface area contributed by atoms with Gasteiger partial charge in [0.15, 0.2) is 0 Å². The Bertz CT molecular complexity index is 816. The van der Waals surface area contributed by atoms with Crippen LogP contribution in [-0.4, -0.2) is 14.1 Å². The summed E-state index contributed by atoms with van der Waals surface area (Å²) in [5.41, 5.74) is 2.54. The molecule has 0 heterocycles. The van der Waals surface area contributed by atoms with Crippen LogP contribution in [0.4, 0.5) is 0 Å². The first-order chi connectivity index (χ1) is 11.6. The molecule has 0 N–H and O–H groups in total. The Kier molecular flexibility index (Phi) is 5.54. The molecule has 0 aliphatic heterocycles. The maximum atomic E-state index is 12.6. The van der Waals surface area contributed by atoms with E-state index in [1.165, 1.54) is 5.56 Å². The minimum Gasteiger partial charge on any atom is -0.543 e. The summed E-state index contributed by atoms with van der Waals surface area (Å²) in [5, 5.41) is 0.0662. The molecule has 0 atom stereocenters. The molecule has 2 nitrogen and oxygen atoms in total. The number of Topliss-reactive ketones (excluding diaryl/α,β-unsaturated/α-hetero) is 1. The van der Waals surface area contributed by atoms with Crippen LogP contribution in [0.2, 0.25) is 18.1 Å². The molecule has 2 aromatic carbocycles. The summed E-state index contributed by atoms with van der Waals surface area (Å²) >= 11 is 0. The zero-order valence-corrected chi connectivity index (χ0v) is 16.9. The Hall–Kier alpha value is -2.31. The summed E-state index contributed by atoms with van der Waals surface area (Å²) in [6, 6.07) is 15.2. The molecule has 0 fully saturated rings. The Morgan fingerprint density at radius 2 is 1.60 bits per heavy atom. The van der Waals surface area contributed by atoms with E-state index in [2.05, 4.69) is 45.7 Å². The lowest BCUT2D eigenvalue weighted by atomic mass is 10.1. The highest BCUT2D eigenvalue weighted by molar-refractivity contribution is 6.74. The molecule has 0 unspecified atom stereocenters.